The molecule has 1 fully saturated rings. The van der Waals surface area contributed by atoms with Gasteiger partial charge >= 0.3 is 0 Å². The lowest BCUT2D eigenvalue weighted by Crippen LogP contribution is -2.51. The Hall–Kier alpha value is -1.04. The molecular weight excluding hydrogens is 262 g/mol. The van der Waals surface area contributed by atoms with Crippen LogP contribution in [0.4, 0.5) is 8.78 Å². The lowest BCUT2D eigenvalue weighted by Gasteiger charge is -2.39. The molecule has 0 saturated carbocycles. The van der Waals surface area contributed by atoms with Crippen molar-refractivity contribution >= 4 is 0 Å². The van der Waals surface area contributed by atoms with Gasteiger partial charge in [0.05, 0.1) is 0 Å². The first kappa shape index (κ1) is 15.4. The highest BCUT2D eigenvalue weighted by atomic mass is 19.3. The predicted octanol–water partition coefficient (Wildman–Crippen LogP) is 1.88. The zero-order valence-corrected chi connectivity index (χ0v) is 12.0. The third-order valence-corrected chi connectivity index (χ3v) is 3.97. The maximum Gasteiger partial charge on any atom is 0.289 e. The van der Waals surface area contributed by atoms with E-state index in [1.54, 1.807) is 11.0 Å². The van der Waals surface area contributed by atoms with Crippen LogP contribution in [0.5, 0.6) is 0 Å². The predicted molar refractivity (Wildman–Crippen MR) is 75.1 cm³/mol. The van der Waals surface area contributed by atoms with Gasteiger partial charge in [0.15, 0.2) is 0 Å². The van der Waals surface area contributed by atoms with E-state index in [0.29, 0.717) is 31.7 Å². The summed E-state index contributed by atoms with van der Waals surface area (Å²) >= 11 is 0. The average Bonchev–Trinajstić information content (AvgIpc) is 2.44. The number of nitrogens with one attached hydrogen (secondary N) is 1. The molecule has 0 aromatic heterocycles. The van der Waals surface area contributed by atoms with Crippen molar-refractivity contribution in [1.82, 2.24) is 10.2 Å². The number of alkyl halides is 2. The molecule has 3 nitrogen and oxygen atoms in total. The lowest BCUT2D eigenvalue weighted by atomic mass is 9.95. The molecular formula is C15H22F2N2O. The molecule has 2 rings (SSSR count). The van der Waals surface area contributed by atoms with Crippen LogP contribution in [0.3, 0.4) is 0 Å². The van der Waals surface area contributed by atoms with E-state index >= 15 is 0 Å². The van der Waals surface area contributed by atoms with Gasteiger partial charge in [0.2, 0.25) is 0 Å². The van der Waals surface area contributed by atoms with Gasteiger partial charge in [-0.25, -0.2) is 8.78 Å². The van der Waals surface area contributed by atoms with E-state index in [9.17, 15) is 8.78 Å². The second-order valence-corrected chi connectivity index (χ2v) is 5.45. The Morgan fingerprint density at radius 2 is 1.90 bits per heavy atom. The van der Waals surface area contributed by atoms with Crippen LogP contribution in [-0.4, -0.2) is 48.7 Å². The van der Waals surface area contributed by atoms with E-state index in [1.807, 2.05) is 26.0 Å². The monoisotopic (exact) mass is 284 g/mol. The van der Waals surface area contributed by atoms with Crippen LogP contribution in [-0.2, 0) is 0 Å². The minimum Gasteiger partial charge on any atom is -0.390 e. The number of benzene rings is 1. The number of aliphatic hydroxyl groups excluding tert-OH is 1. The minimum absolute atomic E-state index is 0.563. The second-order valence-electron chi connectivity index (χ2n) is 5.45. The van der Waals surface area contributed by atoms with E-state index in [1.165, 1.54) is 0 Å². The quantitative estimate of drug-likeness (QED) is 0.886. The molecule has 1 aliphatic heterocycles. The Balaban J connectivity index is 2.36. The van der Waals surface area contributed by atoms with Gasteiger partial charge in [-0.15, -0.1) is 0 Å². The van der Waals surface area contributed by atoms with Crippen molar-refractivity contribution in [2.24, 2.45) is 0 Å². The second kappa shape index (κ2) is 6.16. The first-order valence-corrected chi connectivity index (χ1v) is 6.96. The van der Waals surface area contributed by atoms with Crippen molar-refractivity contribution in [3.8, 4) is 0 Å². The number of nitrogens with zero attached hydrogens (tertiary/aromatic N) is 1. The third-order valence-electron chi connectivity index (χ3n) is 3.97. The van der Waals surface area contributed by atoms with Crippen LogP contribution in [0, 0.1) is 13.8 Å². The fourth-order valence-corrected chi connectivity index (χ4v) is 2.68. The fourth-order valence-electron chi connectivity index (χ4n) is 2.68. The number of halogens is 2. The SMILES string of the molecule is Cc1ccc([C@H](N2CCNCC2)C(F)(F)CO)cc1C. The van der Waals surface area contributed by atoms with Gasteiger partial charge in [-0.2, -0.15) is 0 Å². The highest BCUT2D eigenvalue weighted by Crippen LogP contribution is 2.37. The Kier molecular flexibility index (Phi) is 4.73. The fraction of sp³-hybridized carbons (Fsp3) is 0.600. The molecule has 2 N–H and O–H groups in total. The van der Waals surface area contributed by atoms with Gasteiger partial charge < -0.3 is 10.4 Å². The smallest absolute Gasteiger partial charge is 0.289 e. The molecule has 0 spiro atoms. The van der Waals surface area contributed by atoms with E-state index < -0.39 is 18.6 Å². The first-order valence-electron chi connectivity index (χ1n) is 6.96. The standard InChI is InChI=1S/C15H22F2N2O/c1-11-3-4-13(9-12(11)2)14(15(16,17)10-20)19-7-5-18-6-8-19/h3-4,9,14,18,20H,5-8,10H2,1-2H3/t14-/m0/s1. The van der Waals surface area contributed by atoms with Crippen LogP contribution < -0.4 is 5.32 Å². The van der Waals surface area contributed by atoms with Crippen LogP contribution in [0.2, 0.25) is 0 Å². The van der Waals surface area contributed by atoms with Gasteiger partial charge in [-0.05, 0) is 30.5 Å². The van der Waals surface area contributed by atoms with Gasteiger partial charge in [0, 0.05) is 26.2 Å². The summed E-state index contributed by atoms with van der Waals surface area (Å²) in [6, 6.07) is 4.37. The van der Waals surface area contributed by atoms with Gasteiger partial charge in [0.1, 0.15) is 12.6 Å². The molecule has 1 aromatic carbocycles. The molecule has 1 saturated heterocycles. The largest absolute Gasteiger partial charge is 0.390 e. The average molecular weight is 284 g/mol. The number of piperazine rings is 1. The molecule has 1 aromatic rings. The first-order chi connectivity index (χ1) is 9.45. The topological polar surface area (TPSA) is 35.5 Å². The highest BCUT2D eigenvalue weighted by Gasteiger charge is 2.44. The zero-order valence-electron chi connectivity index (χ0n) is 12.0. The Bertz CT molecular complexity index is 459. The molecule has 112 valence electrons. The van der Waals surface area contributed by atoms with E-state index in [4.69, 9.17) is 5.11 Å². The van der Waals surface area contributed by atoms with Crippen molar-refractivity contribution in [3.05, 3.63) is 34.9 Å². The zero-order chi connectivity index (χ0) is 14.8. The van der Waals surface area contributed by atoms with Crippen molar-refractivity contribution in [3.63, 3.8) is 0 Å². The van der Waals surface area contributed by atoms with Gasteiger partial charge in [-0.1, -0.05) is 18.2 Å². The molecule has 1 aliphatic rings. The van der Waals surface area contributed by atoms with Crippen LogP contribution >= 0.6 is 0 Å². The summed E-state index contributed by atoms with van der Waals surface area (Å²) in [6.45, 7) is 5.27. The maximum atomic E-state index is 14.2. The number of hydrogen-bond donors (Lipinski definition) is 2. The maximum absolute atomic E-state index is 14.2. The number of aliphatic hydroxyl groups is 1. The molecule has 1 atom stereocenters. The molecule has 0 bridgehead atoms. The van der Waals surface area contributed by atoms with Crippen molar-refractivity contribution in [2.75, 3.05) is 32.8 Å². The van der Waals surface area contributed by atoms with E-state index in [-0.39, 0.29) is 0 Å². The summed E-state index contributed by atoms with van der Waals surface area (Å²) in [5.74, 6) is -3.14. The number of hydrogen-bond acceptors (Lipinski definition) is 3. The van der Waals surface area contributed by atoms with Crippen molar-refractivity contribution < 1.29 is 13.9 Å². The van der Waals surface area contributed by atoms with Crippen LogP contribution in [0.15, 0.2) is 18.2 Å². The summed E-state index contributed by atoms with van der Waals surface area (Å²) in [5.41, 5.74) is 2.66. The summed E-state index contributed by atoms with van der Waals surface area (Å²) in [4.78, 5) is 1.76. The minimum atomic E-state index is -3.14. The van der Waals surface area contributed by atoms with Crippen LogP contribution in [0.1, 0.15) is 22.7 Å². The molecule has 5 heteroatoms. The molecule has 20 heavy (non-hydrogen) atoms. The third kappa shape index (κ3) is 3.16. The van der Waals surface area contributed by atoms with Gasteiger partial charge in [-0.3, -0.25) is 4.90 Å². The summed E-state index contributed by atoms with van der Waals surface area (Å²) in [7, 11) is 0. The van der Waals surface area contributed by atoms with E-state index in [0.717, 1.165) is 11.1 Å². The Labute approximate surface area is 118 Å². The number of rotatable bonds is 4. The summed E-state index contributed by atoms with van der Waals surface area (Å²) < 4.78 is 28.4. The molecule has 0 unspecified atom stereocenters. The molecule has 0 aliphatic carbocycles. The molecule has 0 radical (unpaired) electrons. The molecule has 1 heterocycles. The van der Waals surface area contributed by atoms with E-state index in [2.05, 4.69) is 5.32 Å². The highest BCUT2D eigenvalue weighted by molar-refractivity contribution is 5.33. The Morgan fingerprint density at radius 3 is 2.45 bits per heavy atom. The number of aryl methyl sites for hydroxylation is 2. The lowest BCUT2D eigenvalue weighted by molar-refractivity contribution is -0.118. The van der Waals surface area contributed by atoms with Crippen LogP contribution in [0.25, 0.3) is 0 Å². The van der Waals surface area contributed by atoms with Crippen molar-refractivity contribution in [2.45, 2.75) is 25.8 Å². The van der Waals surface area contributed by atoms with Crippen molar-refractivity contribution in [1.29, 1.82) is 0 Å². The summed E-state index contributed by atoms with van der Waals surface area (Å²) in [5, 5.41) is 12.2. The normalized spacial score (nSPS) is 19.1. The molecule has 0 amide bonds. The Morgan fingerprint density at radius 1 is 1.25 bits per heavy atom. The summed E-state index contributed by atoms with van der Waals surface area (Å²) in [6.07, 6.45) is 0. The van der Waals surface area contributed by atoms with Gasteiger partial charge in [0.25, 0.3) is 5.92 Å².